The molecular weight excluding hydrogens is 236 g/mol. The smallest absolute Gasteiger partial charge is 0.224 e. The summed E-state index contributed by atoms with van der Waals surface area (Å²) < 4.78 is 0. The molecule has 0 aliphatic carbocycles. The Morgan fingerprint density at radius 2 is 2.18 bits per heavy atom. The molecule has 1 aliphatic rings. The quantitative estimate of drug-likeness (QED) is 0.857. The number of hydrogen-bond donors (Lipinski definition) is 2. The summed E-state index contributed by atoms with van der Waals surface area (Å²) in [5, 5.41) is 7.00. The van der Waals surface area contributed by atoms with E-state index in [1.165, 1.54) is 6.42 Å². The van der Waals surface area contributed by atoms with Crippen LogP contribution in [0.3, 0.4) is 0 Å². The molecule has 0 radical (unpaired) electrons. The molecule has 1 fully saturated rings. The number of benzene rings is 1. The highest BCUT2D eigenvalue weighted by molar-refractivity contribution is 6.30. The van der Waals surface area contributed by atoms with E-state index in [-0.39, 0.29) is 5.91 Å². The van der Waals surface area contributed by atoms with Crippen LogP contribution in [0.2, 0.25) is 5.02 Å². The van der Waals surface area contributed by atoms with E-state index < -0.39 is 0 Å². The van der Waals surface area contributed by atoms with Crippen molar-refractivity contribution in [2.75, 3.05) is 13.1 Å². The number of carbonyl (C=O) groups is 1. The van der Waals surface area contributed by atoms with Crippen LogP contribution >= 0.6 is 11.6 Å². The van der Waals surface area contributed by atoms with Gasteiger partial charge in [0.15, 0.2) is 0 Å². The normalized spacial score (nSPS) is 19.2. The van der Waals surface area contributed by atoms with E-state index in [1.807, 2.05) is 24.3 Å². The molecule has 3 nitrogen and oxygen atoms in total. The van der Waals surface area contributed by atoms with Crippen molar-refractivity contribution in [3.8, 4) is 0 Å². The number of rotatable bonds is 4. The fraction of sp³-hybridized carbons (Fsp3) is 0.462. The van der Waals surface area contributed by atoms with Crippen molar-refractivity contribution < 1.29 is 4.79 Å². The first-order chi connectivity index (χ1) is 8.24. The van der Waals surface area contributed by atoms with Gasteiger partial charge in [-0.1, -0.05) is 23.7 Å². The molecule has 1 aromatic carbocycles. The van der Waals surface area contributed by atoms with E-state index in [4.69, 9.17) is 11.6 Å². The minimum atomic E-state index is 0.0704. The molecule has 0 bridgehead atoms. The summed E-state index contributed by atoms with van der Waals surface area (Å²) in [6.45, 7) is 1.80. The lowest BCUT2D eigenvalue weighted by Gasteiger charge is -2.11. The highest BCUT2D eigenvalue weighted by Crippen LogP contribution is 2.10. The van der Waals surface area contributed by atoms with E-state index in [2.05, 4.69) is 10.6 Å². The summed E-state index contributed by atoms with van der Waals surface area (Å²) in [4.78, 5) is 11.7. The van der Waals surface area contributed by atoms with Gasteiger partial charge in [0.2, 0.25) is 5.91 Å². The zero-order valence-corrected chi connectivity index (χ0v) is 10.5. The third-order valence-electron chi connectivity index (χ3n) is 2.99. The summed E-state index contributed by atoms with van der Waals surface area (Å²) >= 11 is 5.79. The number of nitrogens with one attached hydrogen (secondary N) is 2. The maximum absolute atomic E-state index is 11.7. The molecule has 0 saturated carbocycles. The van der Waals surface area contributed by atoms with Crippen LogP contribution in [0.25, 0.3) is 0 Å². The number of halogens is 1. The highest BCUT2D eigenvalue weighted by atomic mass is 35.5. The van der Waals surface area contributed by atoms with Gasteiger partial charge < -0.3 is 10.6 Å². The van der Waals surface area contributed by atoms with Gasteiger partial charge in [-0.2, -0.15) is 0 Å². The zero-order valence-electron chi connectivity index (χ0n) is 9.71. The number of carbonyl (C=O) groups excluding carboxylic acids is 1. The Hall–Kier alpha value is -1.06. The average molecular weight is 253 g/mol. The molecule has 2 N–H and O–H groups in total. The maximum atomic E-state index is 11.7. The Morgan fingerprint density at radius 1 is 1.41 bits per heavy atom. The molecule has 1 amide bonds. The summed E-state index contributed by atoms with van der Waals surface area (Å²) in [7, 11) is 0. The van der Waals surface area contributed by atoms with Crippen LogP contribution in [0.15, 0.2) is 24.3 Å². The molecule has 1 saturated heterocycles. The van der Waals surface area contributed by atoms with Crippen LogP contribution in [0, 0.1) is 0 Å². The van der Waals surface area contributed by atoms with Gasteiger partial charge in [0, 0.05) is 17.6 Å². The first kappa shape index (κ1) is 12.4. The van der Waals surface area contributed by atoms with Gasteiger partial charge in [0.25, 0.3) is 0 Å². The molecule has 1 aromatic rings. The molecule has 4 heteroatoms. The zero-order chi connectivity index (χ0) is 12.1. The Bertz CT molecular complexity index is 372. The predicted molar refractivity (Wildman–Crippen MR) is 69.2 cm³/mol. The van der Waals surface area contributed by atoms with E-state index in [0.717, 1.165) is 25.1 Å². The van der Waals surface area contributed by atoms with E-state index in [0.29, 0.717) is 17.5 Å². The number of amides is 1. The molecule has 1 heterocycles. The standard InChI is InChI=1S/C13H17ClN2O/c14-11-5-3-10(4-6-11)8-13(17)16-9-12-2-1-7-15-12/h3-6,12,15H,1-2,7-9H2,(H,16,17). The van der Waals surface area contributed by atoms with E-state index >= 15 is 0 Å². The van der Waals surface area contributed by atoms with E-state index in [1.54, 1.807) is 0 Å². The first-order valence-electron chi connectivity index (χ1n) is 5.98. The largest absolute Gasteiger partial charge is 0.354 e. The van der Waals surface area contributed by atoms with Crippen molar-refractivity contribution in [3.63, 3.8) is 0 Å². The van der Waals surface area contributed by atoms with Crippen molar-refractivity contribution in [1.29, 1.82) is 0 Å². The predicted octanol–water partition coefficient (Wildman–Crippen LogP) is 1.75. The summed E-state index contributed by atoms with van der Waals surface area (Å²) in [6, 6.07) is 7.83. The van der Waals surface area contributed by atoms with Gasteiger partial charge in [0.1, 0.15) is 0 Å². The third kappa shape index (κ3) is 4.02. The Balaban J connectivity index is 1.74. The second kappa shape index (κ2) is 6.03. The van der Waals surface area contributed by atoms with Crippen LogP contribution in [0.4, 0.5) is 0 Å². The lowest BCUT2D eigenvalue weighted by atomic mass is 10.1. The second-order valence-corrected chi connectivity index (χ2v) is 4.84. The fourth-order valence-electron chi connectivity index (χ4n) is 2.02. The molecular formula is C13H17ClN2O. The second-order valence-electron chi connectivity index (χ2n) is 4.40. The lowest BCUT2D eigenvalue weighted by molar-refractivity contribution is -0.120. The van der Waals surface area contributed by atoms with Gasteiger partial charge in [0.05, 0.1) is 6.42 Å². The van der Waals surface area contributed by atoms with Gasteiger partial charge in [-0.3, -0.25) is 4.79 Å². The minimum Gasteiger partial charge on any atom is -0.354 e. The maximum Gasteiger partial charge on any atom is 0.224 e. The molecule has 1 atom stereocenters. The van der Waals surface area contributed by atoms with Crippen molar-refractivity contribution in [3.05, 3.63) is 34.9 Å². The Labute approximate surface area is 107 Å². The minimum absolute atomic E-state index is 0.0704. The Morgan fingerprint density at radius 3 is 2.82 bits per heavy atom. The van der Waals surface area contributed by atoms with Crippen LogP contribution in [0.5, 0.6) is 0 Å². The average Bonchev–Trinajstić information content (AvgIpc) is 2.83. The molecule has 0 aromatic heterocycles. The SMILES string of the molecule is O=C(Cc1ccc(Cl)cc1)NCC1CCCN1. The summed E-state index contributed by atoms with van der Waals surface area (Å²) in [5.41, 5.74) is 0.992. The van der Waals surface area contributed by atoms with Crippen molar-refractivity contribution in [1.82, 2.24) is 10.6 Å². The fourth-order valence-corrected chi connectivity index (χ4v) is 2.14. The molecule has 1 aliphatic heterocycles. The van der Waals surface area contributed by atoms with Crippen molar-refractivity contribution >= 4 is 17.5 Å². The molecule has 0 spiro atoms. The number of hydrogen-bond acceptors (Lipinski definition) is 2. The van der Waals surface area contributed by atoms with Crippen molar-refractivity contribution in [2.24, 2.45) is 0 Å². The summed E-state index contributed by atoms with van der Waals surface area (Å²) in [6.07, 6.45) is 2.78. The molecule has 2 rings (SSSR count). The highest BCUT2D eigenvalue weighted by Gasteiger charge is 2.14. The van der Waals surface area contributed by atoms with Gasteiger partial charge in [-0.15, -0.1) is 0 Å². The third-order valence-corrected chi connectivity index (χ3v) is 3.24. The Kier molecular flexibility index (Phi) is 4.40. The van der Waals surface area contributed by atoms with Crippen LogP contribution < -0.4 is 10.6 Å². The van der Waals surface area contributed by atoms with Gasteiger partial charge >= 0.3 is 0 Å². The van der Waals surface area contributed by atoms with Gasteiger partial charge in [-0.25, -0.2) is 0 Å². The lowest BCUT2D eigenvalue weighted by Crippen LogP contribution is -2.37. The molecule has 1 unspecified atom stereocenters. The van der Waals surface area contributed by atoms with Gasteiger partial charge in [-0.05, 0) is 37.1 Å². The topological polar surface area (TPSA) is 41.1 Å². The van der Waals surface area contributed by atoms with Crippen LogP contribution in [0.1, 0.15) is 18.4 Å². The monoisotopic (exact) mass is 252 g/mol. The molecule has 92 valence electrons. The van der Waals surface area contributed by atoms with Crippen LogP contribution in [-0.2, 0) is 11.2 Å². The summed E-state index contributed by atoms with van der Waals surface area (Å²) in [5.74, 6) is 0.0704. The molecule has 17 heavy (non-hydrogen) atoms. The van der Waals surface area contributed by atoms with Crippen molar-refractivity contribution in [2.45, 2.75) is 25.3 Å². The van der Waals surface area contributed by atoms with Crippen LogP contribution in [-0.4, -0.2) is 25.0 Å². The van der Waals surface area contributed by atoms with E-state index in [9.17, 15) is 4.79 Å². The first-order valence-corrected chi connectivity index (χ1v) is 6.36.